The van der Waals surface area contributed by atoms with Crippen LogP contribution in [0.1, 0.15) is 68.4 Å². The van der Waals surface area contributed by atoms with Gasteiger partial charge in [-0.3, -0.25) is 0 Å². The summed E-state index contributed by atoms with van der Waals surface area (Å²) >= 11 is 0. The first-order valence-electron chi connectivity index (χ1n) is 7.28. The minimum absolute atomic E-state index is 0.166. The first-order valence-corrected chi connectivity index (χ1v) is 7.28. The van der Waals surface area contributed by atoms with E-state index in [-0.39, 0.29) is 5.92 Å². The van der Waals surface area contributed by atoms with Crippen LogP contribution in [0.25, 0.3) is 0 Å². The van der Waals surface area contributed by atoms with Crippen molar-refractivity contribution in [2.24, 2.45) is 0 Å². The Bertz CT molecular complexity index is 427. The number of benzene rings is 1. The molecule has 2 heteroatoms. The third-order valence-electron chi connectivity index (χ3n) is 4.20. The van der Waals surface area contributed by atoms with Crippen LogP contribution in [0.5, 0.6) is 0 Å². The summed E-state index contributed by atoms with van der Waals surface area (Å²) in [7, 11) is 0. The molecule has 1 aliphatic rings. The Morgan fingerprint density at radius 2 is 1.89 bits per heavy atom. The molecule has 0 heterocycles. The molecule has 1 atom stereocenters. The van der Waals surface area contributed by atoms with E-state index in [0.29, 0.717) is 12.3 Å². The fraction of sp³-hybridized carbons (Fsp3) is 0.529. The van der Waals surface area contributed by atoms with Crippen LogP contribution in [-0.2, 0) is 0 Å². The molecule has 0 N–H and O–H groups in total. The summed E-state index contributed by atoms with van der Waals surface area (Å²) in [5, 5.41) is 0. The topological polar surface area (TPSA) is 0 Å². The van der Waals surface area contributed by atoms with Crippen LogP contribution in [0, 0.1) is 0 Å². The maximum Gasteiger partial charge on any atom is 0.266 e. The van der Waals surface area contributed by atoms with E-state index in [9.17, 15) is 8.78 Å². The van der Waals surface area contributed by atoms with Gasteiger partial charge >= 0.3 is 0 Å². The van der Waals surface area contributed by atoms with Crippen molar-refractivity contribution < 1.29 is 8.78 Å². The van der Waals surface area contributed by atoms with Crippen molar-refractivity contribution in [3.05, 3.63) is 47.5 Å². The number of hydrogen-bond donors (Lipinski definition) is 0. The van der Waals surface area contributed by atoms with Crippen LogP contribution in [0.2, 0.25) is 0 Å². The second-order valence-corrected chi connectivity index (χ2v) is 5.59. The highest BCUT2D eigenvalue weighted by Gasteiger charge is 2.20. The molecule has 1 fully saturated rings. The van der Waals surface area contributed by atoms with Crippen molar-refractivity contribution in [2.45, 2.75) is 57.3 Å². The normalized spacial score (nSPS) is 18.1. The zero-order valence-corrected chi connectivity index (χ0v) is 11.5. The third kappa shape index (κ3) is 3.89. The van der Waals surface area contributed by atoms with Crippen LogP contribution < -0.4 is 0 Å². The van der Waals surface area contributed by atoms with E-state index in [2.05, 4.69) is 18.2 Å². The fourth-order valence-electron chi connectivity index (χ4n) is 3.14. The van der Waals surface area contributed by atoms with Gasteiger partial charge in [-0.05, 0) is 48.3 Å². The lowest BCUT2D eigenvalue weighted by Crippen LogP contribution is -2.08. The fourth-order valence-corrected chi connectivity index (χ4v) is 3.14. The zero-order chi connectivity index (χ0) is 13.7. The molecule has 0 amide bonds. The highest BCUT2D eigenvalue weighted by Crippen LogP contribution is 2.37. The van der Waals surface area contributed by atoms with Crippen molar-refractivity contribution in [2.75, 3.05) is 0 Å². The number of allylic oxidation sites excluding steroid dienone is 1. The van der Waals surface area contributed by atoms with E-state index < -0.39 is 6.08 Å². The van der Waals surface area contributed by atoms with Gasteiger partial charge in [0.15, 0.2) is 0 Å². The first kappa shape index (κ1) is 14.2. The van der Waals surface area contributed by atoms with E-state index in [4.69, 9.17) is 0 Å². The molecule has 0 saturated heterocycles. The Morgan fingerprint density at radius 3 is 2.58 bits per heavy atom. The van der Waals surface area contributed by atoms with Crippen molar-refractivity contribution >= 4 is 0 Å². The van der Waals surface area contributed by atoms with Crippen LogP contribution >= 0.6 is 0 Å². The Kier molecular flexibility index (Phi) is 5.12. The summed E-state index contributed by atoms with van der Waals surface area (Å²) in [4.78, 5) is 0. The lowest BCUT2D eigenvalue weighted by atomic mass is 9.79. The minimum Gasteiger partial charge on any atom is -0.174 e. The van der Waals surface area contributed by atoms with Crippen LogP contribution in [0.4, 0.5) is 8.78 Å². The molecule has 0 radical (unpaired) electrons. The van der Waals surface area contributed by atoms with Gasteiger partial charge in [-0.15, -0.1) is 0 Å². The predicted molar refractivity (Wildman–Crippen MR) is 75.6 cm³/mol. The maximum absolute atomic E-state index is 12.2. The quantitative estimate of drug-likeness (QED) is 0.625. The molecular formula is C17H22F2. The summed E-state index contributed by atoms with van der Waals surface area (Å²) in [5.41, 5.74) is 2.65. The van der Waals surface area contributed by atoms with Gasteiger partial charge in [-0.25, -0.2) is 0 Å². The van der Waals surface area contributed by atoms with Gasteiger partial charge in [0, 0.05) is 0 Å². The predicted octanol–water partition coefficient (Wildman–Crippen LogP) is 6.01. The monoisotopic (exact) mass is 264 g/mol. The largest absolute Gasteiger partial charge is 0.266 e. The minimum atomic E-state index is -1.57. The van der Waals surface area contributed by atoms with Gasteiger partial charge in [0.1, 0.15) is 0 Å². The summed E-state index contributed by atoms with van der Waals surface area (Å²) < 4.78 is 24.5. The van der Waals surface area contributed by atoms with E-state index in [1.54, 1.807) is 0 Å². The Hall–Kier alpha value is -1.18. The second-order valence-electron chi connectivity index (χ2n) is 5.59. The summed E-state index contributed by atoms with van der Waals surface area (Å²) in [6.45, 7) is 2.04. The first-order chi connectivity index (χ1) is 9.18. The number of halogens is 2. The molecule has 1 unspecified atom stereocenters. The summed E-state index contributed by atoms with van der Waals surface area (Å²) in [6.07, 6.45) is 6.33. The molecule has 1 aliphatic carbocycles. The molecule has 0 bridgehead atoms. The smallest absolute Gasteiger partial charge is 0.174 e. The van der Waals surface area contributed by atoms with E-state index in [1.807, 2.05) is 13.0 Å². The maximum atomic E-state index is 12.2. The van der Waals surface area contributed by atoms with Gasteiger partial charge < -0.3 is 0 Å². The van der Waals surface area contributed by atoms with Crippen molar-refractivity contribution in [1.29, 1.82) is 0 Å². The molecule has 0 aliphatic heterocycles. The molecule has 104 valence electrons. The highest BCUT2D eigenvalue weighted by molar-refractivity contribution is 5.33. The van der Waals surface area contributed by atoms with Gasteiger partial charge in [0.05, 0.1) is 0 Å². The van der Waals surface area contributed by atoms with Crippen molar-refractivity contribution in [3.63, 3.8) is 0 Å². The Balaban J connectivity index is 2.17. The third-order valence-corrected chi connectivity index (χ3v) is 4.20. The summed E-state index contributed by atoms with van der Waals surface area (Å²) in [5.74, 6) is 0.797. The Labute approximate surface area is 114 Å². The molecule has 0 nitrogen and oxygen atoms in total. The zero-order valence-electron chi connectivity index (χ0n) is 11.5. The van der Waals surface area contributed by atoms with Crippen LogP contribution in [0.3, 0.4) is 0 Å². The van der Waals surface area contributed by atoms with Crippen molar-refractivity contribution in [3.8, 4) is 0 Å². The van der Waals surface area contributed by atoms with E-state index >= 15 is 0 Å². The Morgan fingerprint density at radius 1 is 1.21 bits per heavy atom. The van der Waals surface area contributed by atoms with Gasteiger partial charge in [0.2, 0.25) is 0 Å². The van der Waals surface area contributed by atoms with E-state index in [0.717, 1.165) is 6.08 Å². The average molecular weight is 264 g/mol. The highest BCUT2D eigenvalue weighted by atomic mass is 19.3. The number of hydrogen-bond acceptors (Lipinski definition) is 0. The van der Waals surface area contributed by atoms with E-state index in [1.165, 1.54) is 43.2 Å². The SMILES string of the molecule is CC(CC=C(F)F)c1ccccc1C1CCCCC1. The standard InChI is InChI=1S/C17H22F2/c1-13(11-12-17(18)19)15-9-5-6-10-16(15)14-7-3-2-4-8-14/h5-6,9-10,12-14H,2-4,7-8,11H2,1H3. The molecule has 0 aromatic heterocycles. The van der Waals surface area contributed by atoms with Crippen LogP contribution in [-0.4, -0.2) is 0 Å². The molecule has 1 saturated carbocycles. The van der Waals surface area contributed by atoms with Crippen LogP contribution in [0.15, 0.2) is 36.4 Å². The summed E-state index contributed by atoms with van der Waals surface area (Å²) in [6, 6.07) is 8.40. The van der Waals surface area contributed by atoms with Gasteiger partial charge in [0.25, 0.3) is 6.08 Å². The molecule has 1 aromatic rings. The lowest BCUT2D eigenvalue weighted by molar-refractivity contribution is 0.415. The molecule has 0 spiro atoms. The molecular weight excluding hydrogens is 242 g/mol. The number of rotatable bonds is 4. The second kappa shape index (κ2) is 6.83. The average Bonchev–Trinajstić information content (AvgIpc) is 2.45. The molecule has 19 heavy (non-hydrogen) atoms. The van der Waals surface area contributed by atoms with Crippen molar-refractivity contribution in [1.82, 2.24) is 0 Å². The van der Waals surface area contributed by atoms with Gasteiger partial charge in [-0.1, -0.05) is 50.5 Å². The van der Waals surface area contributed by atoms with Gasteiger partial charge in [-0.2, -0.15) is 8.78 Å². The molecule has 2 rings (SSSR count). The molecule has 1 aromatic carbocycles. The lowest BCUT2D eigenvalue weighted by Gasteiger charge is -2.26.